The number of para-hydroxylation sites is 2. The molecule has 0 spiro atoms. The topological polar surface area (TPSA) is 105 Å². The molecule has 1 heterocycles. The molecule has 0 aliphatic rings. The van der Waals surface area contributed by atoms with Gasteiger partial charge in [0.05, 0.1) is 25.3 Å². The number of methoxy groups -OCH3 is 2. The van der Waals surface area contributed by atoms with Gasteiger partial charge in [0.2, 0.25) is 11.9 Å². The van der Waals surface area contributed by atoms with E-state index < -0.39 is 11.9 Å². The van der Waals surface area contributed by atoms with Crippen LogP contribution in [0, 0.1) is 5.92 Å². The van der Waals surface area contributed by atoms with Gasteiger partial charge in [0, 0.05) is 11.6 Å². The van der Waals surface area contributed by atoms with Crippen LogP contribution >= 0.6 is 0 Å². The average molecular weight is 410 g/mol. The van der Waals surface area contributed by atoms with Gasteiger partial charge in [-0.05, 0) is 30.2 Å². The lowest BCUT2D eigenvalue weighted by atomic mass is 9.98. The summed E-state index contributed by atoms with van der Waals surface area (Å²) in [4.78, 5) is 33.3. The number of rotatable bonds is 8. The van der Waals surface area contributed by atoms with E-state index in [1.54, 1.807) is 18.2 Å². The normalized spacial score (nSPS) is 12.8. The number of benzene rings is 2. The number of nitrogens with one attached hydrogen (secondary N) is 3. The quantitative estimate of drug-likeness (QED) is 0.528. The minimum absolute atomic E-state index is 0.0918. The Bertz CT molecular complexity index is 991. The Morgan fingerprint density at radius 3 is 2.37 bits per heavy atom. The Labute approximate surface area is 175 Å². The Balaban J connectivity index is 1.80. The van der Waals surface area contributed by atoms with Crippen LogP contribution < -0.4 is 20.1 Å². The van der Waals surface area contributed by atoms with Crippen molar-refractivity contribution >= 4 is 28.8 Å². The molecule has 3 N–H and O–H groups in total. The minimum atomic E-state index is -0.743. The Kier molecular flexibility index (Phi) is 6.56. The SMILES string of the molecule is CC[C@@H](C)[C@@H](NC(=O)c1cc(OC)cc(OC)c1)C(=O)Nc1nc2ccccc2[nH]1. The van der Waals surface area contributed by atoms with Crippen LogP contribution in [-0.2, 0) is 4.79 Å². The first-order valence-electron chi connectivity index (χ1n) is 9.74. The number of aromatic amines is 1. The third-order valence-corrected chi connectivity index (χ3v) is 5.03. The lowest BCUT2D eigenvalue weighted by Gasteiger charge is -2.23. The van der Waals surface area contributed by atoms with Gasteiger partial charge in [-0.3, -0.25) is 14.9 Å². The summed E-state index contributed by atoms with van der Waals surface area (Å²) in [7, 11) is 3.03. The molecule has 0 saturated carbocycles. The van der Waals surface area contributed by atoms with E-state index in [4.69, 9.17) is 9.47 Å². The van der Waals surface area contributed by atoms with Crippen LogP contribution in [0.3, 0.4) is 0 Å². The molecule has 2 amide bonds. The van der Waals surface area contributed by atoms with Crippen molar-refractivity contribution in [2.45, 2.75) is 26.3 Å². The lowest BCUT2D eigenvalue weighted by molar-refractivity contribution is -0.119. The van der Waals surface area contributed by atoms with Gasteiger partial charge >= 0.3 is 0 Å². The fourth-order valence-corrected chi connectivity index (χ4v) is 3.07. The van der Waals surface area contributed by atoms with Crippen LogP contribution in [0.4, 0.5) is 5.95 Å². The van der Waals surface area contributed by atoms with E-state index in [1.807, 2.05) is 38.1 Å². The molecule has 8 heteroatoms. The van der Waals surface area contributed by atoms with Crippen molar-refractivity contribution in [1.29, 1.82) is 0 Å². The number of nitrogens with zero attached hydrogens (tertiary/aromatic N) is 1. The molecule has 8 nitrogen and oxygen atoms in total. The summed E-state index contributed by atoms with van der Waals surface area (Å²) in [5.41, 5.74) is 1.91. The number of hydrogen-bond acceptors (Lipinski definition) is 5. The monoisotopic (exact) mass is 410 g/mol. The van der Waals surface area contributed by atoms with Crippen LogP contribution in [0.15, 0.2) is 42.5 Å². The van der Waals surface area contributed by atoms with E-state index in [1.165, 1.54) is 14.2 Å². The summed E-state index contributed by atoms with van der Waals surface area (Å²) in [6.45, 7) is 3.88. The summed E-state index contributed by atoms with van der Waals surface area (Å²) >= 11 is 0. The van der Waals surface area contributed by atoms with Crippen LogP contribution in [0.2, 0.25) is 0 Å². The van der Waals surface area contributed by atoms with Crippen LogP contribution in [0.1, 0.15) is 30.6 Å². The zero-order valence-electron chi connectivity index (χ0n) is 17.5. The highest BCUT2D eigenvalue weighted by atomic mass is 16.5. The molecular formula is C22H26N4O4. The first kappa shape index (κ1) is 21.2. The number of ether oxygens (including phenoxy) is 2. The number of anilines is 1. The highest BCUT2D eigenvalue weighted by Crippen LogP contribution is 2.23. The van der Waals surface area contributed by atoms with E-state index in [-0.39, 0.29) is 11.8 Å². The number of carbonyl (C=O) groups is 2. The number of hydrogen-bond donors (Lipinski definition) is 3. The van der Waals surface area contributed by atoms with E-state index in [2.05, 4.69) is 20.6 Å². The standard InChI is InChI=1S/C22H26N4O4/c1-5-13(2)19(21(28)26-22-23-17-8-6-7-9-18(17)24-22)25-20(27)14-10-15(29-3)12-16(11-14)30-4/h6-13,19H,5H2,1-4H3,(H,25,27)(H2,23,24,26,28)/t13-,19-/m1/s1. The summed E-state index contributed by atoms with van der Waals surface area (Å²) in [5.74, 6) is 0.499. The van der Waals surface area contributed by atoms with Gasteiger partial charge in [0.25, 0.3) is 5.91 Å². The molecule has 3 rings (SSSR count). The number of imidazole rings is 1. The van der Waals surface area contributed by atoms with E-state index in [0.29, 0.717) is 29.4 Å². The Morgan fingerprint density at radius 1 is 1.10 bits per heavy atom. The zero-order chi connectivity index (χ0) is 21.7. The molecule has 2 atom stereocenters. The smallest absolute Gasteiger partial charge is 0.252 e. The van der Waals surface area contributed by atoms with Gasteiger partial charge in [0.1, 0.15) is 17.5 Å². The second-order valence-electron chi connectivity index (χ2n) is 7.03. The van der Waals surface area contributed by atoms with Crippen LogP contribution in [0.5, 0.6) is 11.5 Å². The first-order valence-corrected chi connectivity index (χ1v) is 9.74. The van der Waals surface area contributed by atoms with E-state index >= 15 is 0 Å². The van der Waals surface area contributed by atoms with E-state index in [9.17, 15) is 9.59 Å². The predicted molar refractivity (Wildman–Crippen MR) is 115 cm³/mol. The van der Waals surface area contributed by atoms with Crippen molar-refractivity contribution in [3.63, 3.8) is 0 Å². The maximum absolute atomic E-state index is 13.0. The summed E-state index contributed by atoms with van der Waals surface area (Å²) in [5, 5.41) is 5.62. The summed E-state index contributed by atoms with van der Waals surface area (Å²) < 4.78 is 10.4. The maximum atomic E-state index is 13.0. The van der Waals surface area contributed by atoms with Crippen molar-refractivity contribution in [3.05, 3.63) is 48.0 Å². The van der Waals surface area contributed by atoms with Crippen molar-refractivity contribution in [2.24, 2.45) is 5.92 Å². The number of amides is 2. The van der Waals surface area contributed by atoms with E-state index in [0.717, 1.165) is 11.0 Å². The van der Waals surface area contributed by atoms with Gasteiger partial charge in [0.15, 0.2) is 0 Å². The first-order chi connectivity index (χ1) is 14.4. The number of H-pyrrole nitrogens is 1. The largest absolute Gasteiger partial charge is 0.497 e. The summed E-state index contributed by atoms with van der Waals surface area (Å²) in [6, 6.07) is 11.6. The fourth-order valence-electron chi connectivity index (χ4n) is 3.07. The van der Waals surface area contributed by atoms with Crippen LogP contribution in [0.25, 0.3) is 11.0 Å². The molecule has 30 heavy (non-hydrogen) atoms. The van der Waals surface area contributed by atoms with Crippen molar-refractivity contribution in [1.82, 2.24) is 15.3 Å². The van der Waals surface area contributed by atoms with Crippen LogP contribution in [-0.4, -0.2) is 42.0 Å². The van der Waals surface area contributed by atoms with Gasteiger partial charge in [-0.25, -0.2) is 4.98 Å². The minimum Gasteiger partial charge on any atom is -0.497 e. The third kappa shape index (κ3) is 4.71. The van der Waals surface area contributed by atoms with Crippen molar-refractivity contribution < 1.29 is 19.1 Å². The number of fused-ring (bicyclic) bond motifs is 1. The highest BCUT2D eigenvalue weighted by Gasteiger charge is 2.27. The lowest BCUT2D eigenvalue weighted by Crippen LogP contribution is -2.47. The highest BCUT2D eigenvalue weighted by molar-refractivity contribution is 6.01. The van der Waals surface area contributed by atoms with Gasteiger partial charge in [-0.15, -0.1) is 0 Å². The third-order valence-electron chi connectivity index (χ3n) is 5.03. The molecule has 3 aromatic rings. The van der Waals surface area contributed by atoms with Gasteiger partial charge in [-0.2, -0.15) is 0 Å². The second kappa shape index (κ2) is 9.30. The molecule has 0 fully saturated rings. The fraction of sp³-hybridized carbons (Fsp3) is 0.318. The van der Waals surface area contributed by atoms with Crippen molar-refractivity contribution in [3.8, 4) is 11.5 Å². The number of aromatic nitrogens is 2. The molecule has 0 unspecified atom stereocenters. The molecule has 158 valence electrons. The molecule has 0 aliphatic carbocycles. The maximum Gasteiger partial charge on any atom is 0.252 e. The Morgan fingerprint density at radius 2 is 1.77 bits per heavy atom. The van der Waals surface area contributed by atoms with Crippen molar-refractivity contribution in [2.75, 3.05) is 19.5 Å². The molecule has 1 aromatic heterocycles. The predicted octanol–water partition coefficient (Wildman–Crippen LogP) is 3.36. The molecule has 0 saturated heterocycles. The number of carbonyl (C=O) groups excluding carboxylic acids is 2. The molecule has 0 radical (unpaired) electrons. The molecule has 0 bridgehead atoms. The van der Waals surface area contributed by atoms with Gasteiger partial charge < -0.3 is 19.8 Å². The average Bonchev–Trinajstić information content (AvgIpc) is 3.18. The molecule has 0 aliphatic heterocycles. The zero-order valence-corrected chi connectivity index (χ0v) is 17.5. The molecule has 2 aromatic carbocycles. The second-order valence-corrected chi connectivity index (χ2v) is 7.03. The Hall–Kier alpha value is -3.55. The summed E-state index contributed by atoms with van der Waals surface area (Å²) in [6.07, 6.45) is 0.708. The van der Waals surface area contributed by atoms with Gasteiger partial charge in [-0.1, -0.05) is 32.4 Å². The molecular weight excluding hydrogens is 384 g/mol.